The molecule has 0 atom stereocenters. The standard InChI is InChI=1S/C13H17N3O2S/c1-13(2)7-10-9-5-3-4-6-11(9)15-12(10)8-16(13)19(14,17)18/h3-6,15H,7-8H2,1-2H3,(H2,14,17,18). The van der Waals surface area contributed by atoms with Gasteiger partial charge in [0.05, 0.1) is 6.54 Å². The largest absolute Gasteiger partial charge is 0.357 e. The van der Waals surface area contributed by atoms with Crippen molar-refractivity contribution < 1.29 is 8.42 Å². The van der Waals surface area contributed by atoms with Gasteiger partial charge in [0.2, 0.25) is 0 Å². The summed E-state index contributed by atoms with van der Waals surface area (Å²) < 4.78 is 24.8. The molecule has 102 valence electrons. The summed E-state index contributed by atoms with van der Waals surface area (Å²) in [5.41, 5.74) is 2.67. The van der Waals surface area contributed by atoms with E-state index in [1.54, 1.807) is 0 Å². The van der Waals surface area contributed by atoms with Gasteiger partial charge in [-0.1, -0.05) is 18.2 Å². The summed E-state index contributed by atoms with van der Waals surface area (Å²) in [5, 5.41) is 6.49. The molecule has 5 nitrogen and oxygen atoms in total. The monoisotopic (exact) mass is 279 g/mol. The number of hydrogen-bond donors (Lipinski definition) is 2. The van der Waals surface area contributed by atoms with E-state index >= 15 is 0 Å². The molecule has 0 saturated heterocycles. The fraction of sp³-hybridized carbons (Fsp3) is 0.385. The van der Waals surface area contributed by atoms with E-state index in [1.807, 2.05) is 32.0 Å². The smallest absolute Gasteiger partial charge is 0.277 e. The maximum atomic E-state index is 11.7. The number of fused-ring (bicyclic) bond motifs is 3. The Morgan fingerprint density at radius 3 is 2.68 bits per heavy atom. The van der Waals surface area contributed by atoms with Gasteiger partial charge < -0.3 is 4.98 Å². The third-order valence-electron chi connectivity index (χ3n) is 3.80. The van der Waals surface area contributed by atoms with E-state index < -0.39 is 15.7 Å². The Kier molecular flexibility index (Phi) is 2.54. The van der Waals surface area contributed by atoms with E-state index in [0.717, 1.165) is 11.2 Å². The molecule has 0 bridgehead atoms. The topological polar surface area (TPSA) is 79.2 Å². The van der Waals surface area contributed by atoms with Crippen molar-refractivity contribution in [3.8, 4) is 0 Å². The minimum atomic E-state index is -3.70. The number of nitrogens with two attached hydrogens (primary N) is 1. The average molecular weight is 279 g/mol. The molecule has 3 N–H and O–H groups in total. The lowest BCUT2D eigenvalue weighted by Gasteiger charge is -2.39. The number of aromatic amines is 1. The van der Waals surface area contributed by atoms with Crippen LogP contribution in [0.3, 0.4) is 0 Å². The molecule has 0 unspecified atom stereocenters. The van der Waals surface area contributed by atoms with Crippen molar-refractivity contribution in [2.75, 3.05) is 0 Å². The van der Waals surface area contributed by atoms with Gasteiger partial charge in [-0.3, -0.25) is 0 Å². The van der Waals surface area contributed by atoms with E-state index in [-0.39, 0.29) is 0 Å². The zero-order chi connectivity index (χ0) is 13.8. The number of nitrogens with zero attached hydrogens (tertiary/aromatic N) is 1. The van der Waals surface area contributed by atoms with Crippen LogP contribution in [0.1, 0.15) is 25.1 Å². The lowest BCUT2D eigenvalue weighted by molar-refractivity contribution is 0.202. The third-order valence-corrected chi connectivity index (χ3v) is 5.03. The molecule has 0 spiro atoms. The van der Waals surface area contributed by atoms with Crippen molar-refractivity contribution in [2.24, 2.45) is 5.14 Å². The van der Waals surface area contributed by atoms with Gasteiger partial charge >= 0.3 is 0 Å². The number of hydrogen-bond acceptors (Lipinski definition) is 2. The number of H-pyrrole nitrogens is 1. The number of aromatic nitrogens is 1. The maximum Gasteiger partial charge on any atom is 0.277 e. The van der Waals surface area contributed by atoms with E-state index in [1.165, 1.54) is 15.3 Å². The summed E-state index contributed by atoms with van der Waals surface area (Å²) in [6, 6.07) is 8.03. The second kappa shape index (κ2) is 3.82. The molecular weight excluding hydrogens is 262 g/mol. The quantitative estimate of drug-likeness (QED) is 0.830. The van der Waals surface area contributed by atoms with Gasteiger partial charge in [-0.2, -0.15) is 12.7 Å². The number of nitrogens with one attached hydrogen (secondary N) is 1. The van der Waals surface area contributed by atoms with E-state index in [9.17, 15) is 8.42 Å². The highest BCUT2D eigenvalue weighted by Gasteiger charge is 2.40. The zero-order valence-corrected chi connectivity index (χ0v) is 11.8. The van der Waals surface area contributed by atoms with Crippen molar-refractivity contribution in [1.82, 2.24) is 9.29 Å². The second-order valence-corrected chi connectivity index (χ2v) is 7.14. The van der Waals surface area contributed by atoms with Crippen molar-refractivity contribution in [1.29, 1.82) is 0 Å². The predicted octanol–water partition coefficient (Wildman–Crippen LogP) is 1.51. The molecule has 0 saturated carbocycles. The van der Waals surface area contributed by atoms with Gasteiger partial charge in [0.15, 0.2) is 0 Å². The molecule has 0 aliphatic carbocycles. The van der Waals surface area contributed by atoms with E-state index in [0.29, 0.717) is 13.0 Å². The van der Waals surface area contributed by atoms with Crippen LogP contribution < -0.4 is 5.14 Å². The van der Waals surface area contributed by atoms with E-state index in [4.69, 9.17) is 5.14 Å². The van der Waals surface area contributed by atoms with Crippen LogP contribution >= 0.6 is 0 Å². The van der Waals surface area contributed by atoms with Crippen molar-refractivity contribution >= 4 is 21.1 Å². The second-order valence-electron chi connectivity index (χ2n) is 5.67. The molecule has 2 aromatic rings. The third kappa shape index (κ3) is 1.96. The van der Waals surface area contributed by atoms with Gasteiger partial charge in [-0.05, 0) is 31.9 Å². The molecule has 1 aliphatic heterocycles. The normalized spacial score (nSPS) is 19.5. The molecule has 1 aromatic carbocycles. The lowest BCUT2D eigenvalue weighted by atomic mass is 9.89. The molecule has 0 amide bonds. The Bertz CT molecular complexity index is 746. The van der Waals surface area contributed by atoms with Crippen molar-refractivity contribution in [3.05, 3.63) is 35.5 Å². The predicted molar refractivity (Wildman–Crippen MR) is 74.7 cm³/mol. The van der Waals surface area contributed by atoms with Crippen LogP contribution in [-0.2, 0) is 23.2 Å². The summed E-state index contributed by atoms with van der Waals surface area (Å²) in [4.78, 5) is 3.29. The minimum absolute atomic E-state index is 0.301. The molecule has 2 heterocycles. The lowest BCUT2D eigenvalue weighted by Crippen LogP contribution is -2.53. The van der Waals surface area contributed by atoms with Crippen LogP contribution in [0, 0.1) is 0 Å². The highest BCUT2D eigenvalue weighted by molar-refractivity contribution is 7.86. The van der Waals surface area contributed by atoms with Crippen LogP contribution in [-0.4, -0.2) is 23.2 Å². The number of rotatable bonds is 1. The highest BCUT2D eigenvalue weighted by atomic mass is 32.2. The maximum absolute atomic E-state index is 11.7. The molecule has 3 rings (SSSR count). The van der Waals surface area contributed by atoms with Gasteiger partial charge in [-0.15, -0.1) is 0 Å². The van der Waals surface area contributed by atoms with Gasteiger partial charge in [0.1, 0.15) is 0 Å². The van der Waals surface area contributed by atoms with Crippen molar-refractivity contribution in [3.63, 3.8) is 0 Å². The summed E-state index contributed by atoms with van der Waals surface area (Å²) in [6.45, 7) is 4.11. The van der Waals surface area contributed by atoms with Crippen LogP contribution in [0.5, 0.6) is 0 Å². The Hall–Kier alpha value is -1.37. The Morgan fingerprint density at radius 2 is 2.00 bits per heavy atom. The first kappa shape index (κ1) is 12.7. The molecule has 19 heavy (non-hydrogen) atoms. The first-order valence-corrected chi connectivity index (χ1v) is 7.68. The molecule has 1 aromatic heterocycles. The highest BCUT2D eigenvalue weighted by Crippen LogP contribution is 2.35. The van der Waals surface area contributed by atoms with Crippen LogP contribution in [0.2, 0.25) is 0 Å². The molecule has 0 radical (unpaired) electrons. The Labute approximate surface area is 112 Å². The Balaban J connectivity index is 2.19. The van der Waals surface area contributed by atoms with Gasteiger partial charge in [-0.25, -0.2) is 5.14 Å². The zero-order valence-electron chi connectivity index (χ0n) is 11.0. The summed E-state index contributed by atoms with van der Waals surface area (Å²) in [7, 11) is -3.70. The van der Waals surface area contributed by atoms with Crippen LogP contribution in [0.15, 0.2) is 24.3 Å². The average Bonchev–Trinajstić information content (AvgIpc) is 2.63. The first-order chi connectivity index (χ1) is 8.79. The summed E-state index contributed by atoms with van der Waals surface area (Å²) >= 11 is 0. The summed E-state index contributed by atoms with van der Waals surface area (Å²) in [6.07, 6.45) is 0.656. The van der Waals surface area contributed by atoms with Crippen LogP contribution in [0.25, 0.3) is 10.9 Å². The fourth-order valence-corrected chi connectivity index (χ4v) is 3.97. The first-order valence-electron chi connectivity index (χ1n) is 6.18. The molecule has 0 fully saturated rings. The Morgan fingerprint density at radius 1 is 1.32 bits per heavy atom. The molecule has 1 aliphatic rings. The number of benzene rings is 1. The molecule has 6 heteroatoms. The minimum Gasteiger partial charge on any atom is -0.357 e. The molecular formula is C13H17N3O2S. The van der Waals surface area contributed by atoms with Gasteiger partial charge in [0, 0.05) is 22.1 Å². The van der Waals surface area contributed by atoms with Gasteiger partial charge in [0.25, 0.3) is 10.2 Å². The number of para-hydroxylation sites is 1. The SMILES string of the molecule is CC1(C)Cc2c([nH]c3ccccc23)CN1S(N)(=O)=O. The summed E-state index contributed by atoms with van der Waals surface area (Å²) in [5.74, 6) is 0. The van der Waals surface area contributed by atoms with Crippen LogP contribution in [0.4, 0.5) is 0 Å². The van der Waals surface area contributed by atoms with Crippen molar-refractivity contribution in [2.45, 2.75) is 32.4 Å². The fourth-order valence-electron chi connectivity index (χ4n) is 2.91. The van der Waals surface area contributed by atoms with E-state index in [2.05, 4.69) is 11.1 Å².